The largest absolute Gasteiger partial charge is 0.398 e. The van der Waals surface area contributed by atoms with E-state index in [0.717, 1.165) is 30.8 Å². The normalized spacial score (nSPS) is 22.5. The highest BCUT2D eigenvalue weighted by Gasteiger charge is 2.51. The number of pyridine rings is 1. The fourth-order valence-electron chi connectivity index (χ4n) is 4.20. The van der Waals surface area contributed by atoms with E-state index in [1.165, 1.54) is 17.2 Å². The Bertz CT molecular complexity index is 973. The molecule has 1 fully saturated rings. The Hall–Kier alpha value is -2.38. The van der Waals surface area contributed by atoms with Crippen LogP contribution in [0.2, 0.25) is 5.02 Å². The number of nitrogens with one attached hydrogen (secondary N) is 1. The SMILES string of the molecule is CO[C@H]1C[C@@]2(CNc3ncc(-c4ccc(N)c(C(=O)N(C)C)c4F)c(Cl)c32)C1. The maximum atomic E-state index is 15.3. The van der Waals surface area contributed by atoms with Crippen LogP contribution in [0.15, 0.2) is 18.3 Å². The minimum absolute atomic E-state index is 0.0882. The quantitative estimate of drug-likeness (QED) is 0.767. The topological polar surface area (TPSA) is 80.5 Å². The second kappa shape index (κ2) is 6.60. The number of methoxy groups -OCH3 is 1. The number of benzene rings is 1. The van der Waals surface area contributed by atoms with Crippen LogP contribution in [-0.4, -0.2) is 49.6 Å². The smallest absolute Gasteiger partial charge is 0.258 e. The van der Waals surface area contributed by atoms with E-state index >= 15 is 4.39 Å². The number of rotatable bonds is 3. The zero-order valence-corrected chi connectivity index (χ0v) is 16.7. The van der Waals surface area contributed by atoms with E-state index in [9.17, 15) is 4.79 Å². The van der Waals surface area contributed by atoms with E-state index in [0.29, 0.717) is 10.6 Å². The first-order chi connectivity index (χ1) is 13.3. The van der Waals surface area contributed by atoms with Crippen molar-refractivity contribution in [3.63, 3.8) is 0 Å². The molecule has 1 aliphatic carbocycles. The molecular weight excluding hydrogens is 383 g/mol. The van der Waals surface area contributed by atoms with Gasteiger partial charge in [0.05, 0.1) is 16.7 Å². The summed E-state index contributed by atoms with van der Waals surface area (Å²) < 4.78 is 20.7. The number of nitrogens with two attached hydrogens (primary N) is 1. The van der Waals surface area contributed by atoms with Crippen molar-refractivity contribution in [3.8, 4) is 11.1 Å². The van der Waals surface area contributed by atoms with Gasteiger partial charge in [0, 0.05) is 61.7 Å². The maximum Gasteiger partial charge on any atom is 0.258 e. The van der Waals surface area contributed by atoms with Crippen molar-refractivity contribution >= 4 is 29.0 Å². The summed E-state index contributed by atoms with van der Waals surface area (Å²) in [6, 6.07) is 3.07. The van der Waals surface area contributed by atoms with E-state index in [1.807, 2.05) is 0 Å². The lowest BCUT2D eigenvalue weighted by Crippen LogP contribution is -2.47. The molecule has 2 aromatic rings. The molecule has 1 amide bonds. The number of amides is 1. The van der Waals surface area contributed by atoms with Gasteiger partial charge >= 0.3 is 0 Å². The zero-order chi connectivity index (χ0) is 20.2. The van der Waals surface area contributed by atoms with Gasteiger partial charge in [-0.3, -0.25) is 4.79 Å². The zero-order valence-electron chi connectivity index (χ0n) is 16.0. The van der Waals surface area contributed by atoms with E-state index in [1.54, 1.807) is 27.3 Å². The third-order valence-electron chi connectivity index (χ3n) is 5.79. The number of ether oxygens (including phenoxy) is 1. The average molecular weight is 405 g/mol. The molecule has 3 N–H and O–H groups in total. The molecule has 1 spiro atoms. The van der Waals surface area contributed by atoms with Gasteiger partial charge in [-0.05, 0) is 25.0 Å². The number of hydrogen-bond donors (Lipinski definition) is 2. The Morgan fingerprint density at radius 2 is 2.11 bits per heavy atom. The van der Waals surface area contributed by atoms with Gasteiger partial charge in [-0.1, -0.05) is 11.6 Å². The minimum Gasteiger partial charge on any atom is -0.398 e. The monoisotopic (exact) mass is 404 g/mol. The second-order valence-electron chi connectivity index (χ2n) is 7.70. The van der Waals surface area contributed by atoms with Gasteiger partial charge in [0.25, 0.3) is 5.91 Å². The average Bonchev–Trinajstić information content (AvgIpc) is 3.02. The van der Waals surface area contributed by atoms with Gasteiger partial charge in [-0.25, -0.2) is 9.37 Å². The van der Waals surface area contributed by atoms with Gasteiger partial charge in [0.1, 0.15) is 11.6 Å². The molecule has 6 nitrogen and oxygen atoms in total. The standard InChI is InChI=1S/C20H22ClFN4O2/c1-26(2)19(27)14-13(23)5-4-11(17(14)22)12-8-24-18-15(16(12)21)20(9-25-18)6-10(7-20)28-3/h4-5,8,10H,6-7,9,23H2,1-3H3,(H,24,25)/t10-,20-. The van der Waals surface area contributed by atoms with E-state index in [4.69, 9.17) is 22.1 Å². The lowest BCUT2D eigenvalue weighted by Gasteiger charge is -2.44. The van der Waals surface area contributed by atoms with Crippen molar-refractivity contribution in [3.05, 3.63) is 40.3 Å². The molecule has 2 heterocycles. The first kappa shape index (κ1) is 19.0. The third-order valence-corrected chi connectivity index (χ3v) is 6.19. The van der Waals surface area contributed by atoms with Crippen LogP contribution >= 0.6 is 11.6 Å². The van der Waals surface area contributed by atoms with Crippen molar-refractivity contribution in [1.29, 1.82) is 0 Å². The Morgan fingerprint density at radius 3 is 2.75 bits per heavy atom. The molecule has 0 bridgehead atoms. The summed E-state index contributed by atoms with van der Waals surface area (Å²) in [6.45, 7) is 0.729. The summed E-state index contributed by atoms with van der Waals surface area (Å²) in [6.07, 6.45) is 3.40. The summed E-state index contributed by atoms with van der Waals surface area (Å²) in [7, 11) is 4.80. The van der Waals surface area contributed by atoms with Gasteiger partial charge < -0.3 is 20.7 Å². The van der Waals surface area contributed by atoms with E-state index < -0.39 is 11.7 Å². The number of hydrogen-bond acceptors (Lipinski definition) is 5. The molecule has 4 rings (SSSR count). The highest BCUT2D eigenvalue weighted by molar-refractivity contribution is 6.34. The van der Waals surface area contributed by atoms with Crippen LogP contribution in [0.25, 0.3) is 11.1 Å². The van der Waals surface area contributed by atoms with Crippen molar-refractivity contribution in [2.45, 2.75) is 24.4 Å². The number of nitrogens with zero attached hydrogens (tertiary/aromatic N) is 2. The molecule has 2 aliphatic rings. The lowest BCUT2D eigenvalue weighted by atomic mass is 9.64. The molecule has 148 valence electrons. The molecule has 0 saturated heterocycles. The number of carbonyl (C=O) groups is 1. The Morgan fingerprint density at radius 1 is 1.39 bits per heavy atom. The van der Waals surface area contributed by atoms with Crippen LogP contribution in [-0.2, 0) is 10.2 Å². The molecular formula is C20H22ClFN4O2. The van der Waals surface area contributed by atoms with Crippen LogP contribution < -0.4 is 11.1 Å². The summed E-state index contributed by atoms with van der Waals surface area (Å²) in [5.41, 5.74) is 7.23. The second-order valence-corrected chi connectivity index (χ2v) is 8.08. The van der Waals surface area contributed by atoms with Gasteiger partial charge in [-0.2, -0.15) is 0 Å². The number of aromatic nitrogens is 1. The fraction of sp³-hybridized carbons (Fsp3) is 0.400. The first-order valence-corrected chi connectivity index (χ1v) is 9.42. The number of fused-ring (bicyclic) bond motifs is 2. The third kappa shape index (κ3) is 2.64. The maximum absolute atomic E-state index is 15.3. The van der Waals surface area contributed by atoms with Gasteiger partial charge in [-0.15, -0.1) is 0 Å². The Labute approximate surface area is 167 Å². The van der Waals surface area contributed by atoms with Crippen LogP contribution in [0.5, 0.6) is 0 Å². The summed E-state index contributed by atoms with van der Waals surface area (Å²) in [5, 5.41) is 3.75. The molecule has 8 heteroatoms. The molecule has 0 unspecified atom stereocenters. The first-order valence-electron chi connectivity index (χ1n) is 9.04. The minimum atomic E-state index is -0.689. The highest BCUT2D eigenvalue weighted by atomic mass is 35.5. The van der Waals surface area contributed by atoms with Crippen LogP contribution in [0.1, 0.15) is 28.8 Å². The number of anilines is 2. The number of halogens is 2. The molecule has 0 atom stereocenters. The van der Waals surface area contributed by atoms with Crippen molar-refractivity contribution in [2.24, 2.45) is 0 Å². The fourth-order valence-corrected chi connectivity index (χ4v) is 4.64. The van der Waals surface area contributed by atoms with Crippen LogP contribution in [0.3, 0.4) is 0 Å². The van der Waals surface area contributed by atoms with Crippen LogP contribution in [0, 0.1) is 5.82 Å². The molecule has 1 aromatic carbocycles. The summed E-state index contributed by atoms with van der Waals surface area (Å²) in [4.78, 5) is 18.2. The molecule has 0 radical (unpaired) electrons. The molecule has 28 heavy (non-hydrogen) atoms. The summed E-state index contributed by atoms with van der Waals surface area (Å²) >= 11 is 6.77. The summed E-state index contributed by atoms with van der Waals surface area (Å²) in [5.74, 6) is -0.461. The number of carbonyl (C=O) groups excluding carboxylic acids is 1. The Kier molecular flexibility index (Phi) is 4.47. The van der Waals surface area contributed by atoms with Crippen molar-refractivity contribution in [1.82, 2.24) is 9.88 Å². The number of nitrogen functional groups attached to an aromatic ring is 1. The lowest BCUT2D eigenvalue weighted by molar-refractivity contribution is -0.0108. The molecule has 1 saturated carbocycles. The highest BCUT2D eigenvalue weighted by Crippen LogP contribution is 2.54. The van der Waals surface area contributed by atoms with Gasteiger partial charge in [0.15, 0.2) is 0 Å². The predicted octanol–water partition coefficient (Wildman–Crippen LogP) is 3.30. The van der Waals surface area contributed by atoms with Gasteiger partial charge in [0.2, 0.25) is 0 Å². The van der Waals surface area contributed by atoms with Crippen molar-refractivity contribution in [2.75, 3.05) is 38.8 Å². The molecule has 1 aliphatic heterocycles. The molecule has 1 aromatic heterocycles. The predicted molar refractivity (Wildman–Crippen MR) is 107 cm³/mol. The van der Waals surface area contributed by atoms with E-state index in [2.05, 4.69) is 10.3 Å². The van der Waals surface area contributed by atoms with E-state index in [-0.39, 0.29) is 28.3 Å². The van der Waals surface area contributed by atoms with Crippen LogP contribution in [0.4, 0.5) is 15.9 Å². The van der Waals surface area contributed by atoms with Crippen molar-refractivity contribution < 1.29 is 13.9 Å². The Balaban J connectivity index is 1.84.